The van der Waals surface area contributed by atoms with Crippen molar-refractivity contribution in [3.8, 4) is 0 Å². The highest BCUT2D eigenvalue weighted by Crippen LogP contribution is 2.29. The summed E-state index contributed by atoms with van der Waals surface area (Å²) >= 11 is 3.75. The second-order valence-electron chi connectivity index (χ2n) is 5.64. The number of aromatic carboxylic acids is 2. The third kappa shape index (κ3) is 6.45. The summed E-state index contributed by atoms with van der Waals surface area (Å²) in [7, 11) is 0. The van der Waals surface area contributed by atoms with Crippen LogP contribution < -0.4 is 10.6 Å². The average molecular weight is 636 g/mol. The second kappa shape index (κ2) is 11.0. The number of alkyl halides is 2. The minimum atomic E-state index is -1.29. The van der Waals surface area contributed by atoms with Crippen LogP contribution in [0.1, 0.15) is 20.7 Å². The molecule has 0 aliphatic carbocycles. The molecule has 0 bridgehead atoms. The zero-order chi connectivity index (χ0) is 22.3. The van der Waals surface area contributed by atoms with Crippen molar-refractivity contribution in [3.05, 3.63) is 47.5 Å². The molecule has 0 heterocycles. The second-order valence-corrected chi connectivity index (χ2v) is 7.16. The molecule has 156 valence electrons. The van der Waals surface area contributed by atoms with Crippen LogP contribution in [0.2, 0.25) is 0 Å². The quantitative estimate of drug-likeness (QED) is 0.193. The van der Waals surface area contributed by atoms with Crippen LogP contribution >= 0.6 is 45.2 Å². The number of rotatable bonds is 8. The largest absolute Gasteiger partial charge is 0.478 e. The van der Waals surface area contributed by atoms with Gasteiger partial charge < -0.3 is 20.8 Å². The van der Waals surface area contributed by atoms with E-state index in [1.807, 2.05) is 45.2 Å². The van der Waals surface area contributed by atoms with Gasteiger partial charge in [-0.25, -0.2) is 9.59 Å². The highest BCUT2D eigenvalue weighted by Gasteiger charge is 2.15. The number of carboxylic acids is 2. The van der Waals surface area contributed by atoms with Gasteiger partial charge in [-0.15, -0.1) is 10.2 Å². The Balaban J connectivity index is 2.38. The first-order valence-corrected chi connectivity index (χ1v) is 11.2. The van der Waals surface area contributed by atoms with Crippen LogP contribution in [0.15, 0.2) is 46.6 Å². The van der Waals surface area contributed by atoms with Gasteiger partial charge in [0.25, 0.3) is 0 Å². The monoisotopic (exact) mass is 636 g/mol. The van der Waals surface area contributed by atoms with Gasteiger partial charge in [0.1, 0.15) is 11.4 Å². The van der Waals surface area contributed by atoms with Crippen LogP contribution in [0.3, 0.4) is 0 Å². The van der Waals surface area contributed by atoms with Gasteiger partial charge in [0.05, 0.1) is 20.0 Å². The van der Waals surface area contributed by atoms with Crippen LogP contribution in [-0.2, 0) is 9.59 Å². The number of hydrogen-bond donors (Lipinski definition) is 4. The standard InChI is InChI=1S/C18H14I2N4O6/c19-7-15(25)21-9-1-3-13(11(5-9)17(27)28)23-24-14-4-2-10(22-16(26)8-20)6-12(14)18(29)30/h1-6H,7-8H2,(H,21,25)(H,22,26)(H,27,28)(H,29,30). The maximum absolute atomic E-state index is 11.5. The molecule has 30 heavy (non-hydrogen) atoms. The molecule has 4 N–H and O–H groups in total. The molecule has 0 aliphatic heterocycles. The van der Waals surface area contributed by atoms with Crippen LogP contribution in [0.4, 0.5) is 22.7 Å². The molecule has 0 saturated carbocycles. The van der Waals surface area contributed by atoms with E-state index >= 15 is 0 Å². The molecular weight excluding hydrogens is 622 g/mol. The van der Waals surface area contributed by atoms with E-state index in [1.165, 1.54) is 36.4 Å². The minimum Gasteiger partial charge on any atom is -0.478 e. The Kier molecular flexibility index (Phi) is 8.64. The summed E-state index contributed by atoms with van der Waals surface area (Å²) < 4.78 is 0.405. The fourth-order valence-corrected chi connectivity index (χ4v) is 2.62. The predicted octanol–water partition coefficient (Wildman–Crippen LogP) is 4.25. The number of nitrogens with one attached hydrogen (secondary N) is 2. The molecular formula is C18H14I2N4O6. The molecule has 0 spiro atoms. The SMILES string of the molecule is O=C(CI)Nc1ccc(N=Nc2ccc(NC(=O)CI)cc2C(=O)O)c(C(=O)O)c1. The van der Waals surface area contributed by atoms with Gasteiger partial charge in [-0.2, -0.15) is 0 Å². The Bertz CT molecular complexity index is 960. The van der Waals surface area contributed by atoms with Crippen molar-refractivity contribution in [2.45, 2.75) is 0 Å². The van der Waals surface area contributed by atoms with Crippen molar-refractivity contribution in [2.24, 2.45) is 10.2 Å². The number of anilines is 2. The van der Waals surface area contributed by atoms with Crippen LogP contribution in [0.5, 0.6) is 0 Å². The van der Waals surface area contributed by atoms with E-state index < -0.39 is 11.9 Å². The Labute approximate surface area is 197 Å². The summed E-state index contributed by atoms with van der Waals surface area (Å²) in [5.41, 5.74) is 0.104. The van der Waals surface area contributed by atoms with Gasteiger partial charge >= 0.3 is 11.9 Å². The van der Waals surface area contributed by atoms with Gasteiger partial charge in [-0.3, -0.25) is 9.59 Å². The summed E-state index contributed by atoms with van der Waals surface area (Å²) in [5, 5.41) is 31.6. The van der Waals surface area contributed by atoms with Crippen molar-refractivity contribution in [1.82, 2.24) is 0 Å². The Morgan fingerprint density at radius 1 is 0.733 bits per heavy atom. The molecule has 2 aromatic rings. The number of hydrogen-bond acceptors (Lipinski definition) is 6. The Morgan fingerprint density at radius 3 is 1.40 bits per heavy atom. The molecule has 0 aliphatic rings. The van der Waals surface area contributed by atoms with E-state index in [-0.39, 0.29) is 54.5 Å². The first-order valence-electron chi connectivity index (χ1n) is 8.13. The molecule has 2 amide bonds. The number of amides is 2. The Hall–Kier alpha value is -2.62. The lowest BCUT2D eigenvalue weighted by Gasteiger charge is -2.07. The van der Waals surface area contributed by atoms with E-state index in [1.54, 1.807) is 0 Å². The van der Waals surface area contributed by atoms with Crippen LogP contribution in [-0.4, -0.2) is 42.8 Å². The molecule has 0 unspecified atom stereocenters. The molecule has 2 aromatic carbocycles. The maximum atomic E-state index is 11.5. The van der Waals surface area contributed by atoms with E-state index in [0.29, 0.717) is 0 Å². The summed E-state index contributed by atoms with van der Waals surface area (Å²) in [6.07, 6.45) is 0. The lowest BCUT2D eigenvalue weighted by atomic mass is 10.1. The van der Waals surface area contributed by atoms with Crippen molar-refractivity contribution >= 4 is 91.7 Å². The highest BCUT2D eigenvalue weighted by molar-refractivity contribution is 14.1. The third-order valence-electron chi connectivity index (χ3n) is 3.53. The maximum Gasteiger partial charge on any atom is 0.338 e. The number of carbonyl (C=O) groups is 4. The van der Waals surface area contributed by atoms with Crippen molar-refractivity contribution in [2.75, 3.05) is 19.5 Å². The summed E-state index contributed by atoms with van der Waals surface area (Å²) in [4.78, 5) is 46.0. The fraction of sp³-hybridized carbons (Fsp3) is 0.111. The molecule has 0 atom stereocenters. The predicted molar refractivity (Wildman–Crippen MR) is 126 cm³/mol. The fourth-order valence-electron chi connectivity index (χ4n) is 2.24. The molecule has 0 fully saturated rings. The average Bonchev–Trinajstić information content (AvgIpc) is 2.72. The summed E-state index contributed by atoms with van der Waals surface area (Å²) in [6.45, 7) is 0. The van der Waals surface area contributed by atoms with Crippen molar-refractivity contribution < 1.29 is 29.4 Å². The normalized spacial score (nSPS) is 10.6. The third-order valence-corrected chi connectivity index (χ3v) is 4.92. The zero-order valence-electron chi connectivity index (χ0n) is 15.1. The van der Waals surface area contributed by atoms with E-state index in [2.05, 4.69) is 20.9 Å². The first-order chi connectivity index (χ1) is 14.2. The molecule has 12 heteroatoms. The summed E-state index contributed by atoms with van der Waals surface area (Å²) in [5.74, 6) is -3.15. The van der Waals surface area contributed by atoms with Gasteiger partial charge in [-0.1, -0.05) is 45.2 Å². The highest BCUT2D eigenvalue weighted by atomic mass is 127. The van der Waals surface area contributed by atoms with Gasteiger partial charge in [0.15, 0.2) is 0 Å². The molecule has 0 saturated heterocycles. The number of halogens is 2. The Morgan fingerprint density at radius 2 is 1.10 bits per heavy atom. The smallest absolute Gasteiger partial charge is 0.338 e. The topological polar surface area (TPSA) is 158 Å². The molecule has 0 radical (unpaired) electrons. The minimum absolute atomic E-state index is 0.0198. The van der Waals surface area contributed by atoms with E-state index in [0.717, 1.165) is 0 Å². The van der Waals surface area contributed by atoms with Crippen LogP contribution in [0, 0.1) is 0 Å². The van der Waals surface area contributed by atoms with Gasteiger partial charge in [-0.05, 0) is 36.4 Å². The van der Waals surface area contributed by atoms with Crippen LogP contribution in [0.25, 0.3) is 0 Å². The number of azo groups is 1. The van der Waals surface area contributed by atoms with Crippen molar-refractivity contribution in [1.29, 1.82) is 0 Å². The first kappa shape index (κ1) is 23.7. The lowest BCUT2D eigenvalue weighted by molar-refractivity contribution is -0.114. The van der Waals surface area contributed by atoms with Crippen molar-refractivity contribution in [3.63, 3.8) is 0 Å². The number of nitrogens with zero attached hydrogens (tertiary/aromatic N) is 2. The van der Waals surface area contributed by atoms with E-state index in [4.69, 9.17) is 0 Å². The van der Waals surface area contributed by atoms with E-state index in [9.17, 15) is 29.4 Å². The summed E-state index contributed by atoms with van der Waals surface area (Å²) in [6, 6.07) is 8.11. The molecule has 10 nitrogen and oxygen atoms in total. The number of carboxylic acid groups (broad SMARTS) is 2. The molecule has 0 aromatic heterocycles. The number of benzene rings is 2. The lowest BCUT2D eigenvalue weighted by Crippen LogP contribution is -2.12. The zero-order valence-corrected chi connectivity index (χ0v) is 19.4. The van der Waals surface area contributed by atoms with Gasteiger partial charge in [0, 0.05) is 11.4 Å². The van der Waals surface area contributed by atoms with Gasteiger partial charge in [0.2, 0.25) is 11.8 Å². The molecule has 2 rings (SSSR count). The number of carbonyl (C=O) groups excluding carboxylic acids is 2.